The minimum Gasteiger partial charge on any atom is -0.245 e. The van der Waals surface area contributed by atoms with E-state index in [4.69, 9.17) is 0 Å². The molecular formula is C34H30N2O4S2. The molecule has 5 rings (SSSR count). The maximum Gasteiger partial charge on any atom is 0.284 e. The predicted octanol–water partition coefficient (Wildman–Crippen LogP) is 7.15. The Balaban J connectivity index is 1.68. The summed E-state index contributed by atoms with van der Waals surface area (Å²) in [6, 6.07) is 35.4. The number of hydrogen-bond donors (Lipinski definition) is 0. The lowest BCUT2D eigenvalue weighted by atomic mass is 10.1. The van der Waals surface area contributed by atoms with Gasteiger partial charge in [-0.15, -0.1) is 4.40 Å². The largest absolute Gasteiger partial charge is 0.284 e. The topological polar surface area (TPSA) is 83.9 Å². The third-order valence-electron chi connectivity index (χ3n) is 6.76. The van der Waals surface area contributed by atoms with Gasteiger partial charge < -0.3 is 0 Å². The zero-order chi connectivity index (χ0) is 29.7. The zero-order valence-electron chi connectivity index (χ0n) is 23.3. The van der Waals surface area contributed by atoms with Crippen LogP contribution in [0.25, 0.3) is 16.8 Å². The first-order chi connectivity index (χ1) is 20.1. The van der Waals surface area contributed by atoms with Crippen LogP contribution in [0.4, 0.5) is 0 Å². The van der Waals surface area contributed by atoms with Gasteiger partial charge in [0.25, 0.3) is 20.0 Å². The van der Waals surface area contributed by atoms with Gasteiger partial charge in [0.15, 0.2) is 5.84 Å². The van der Waals surface area contributed by atoms with E-state index in [0.29, 0.717) is 5.56 Å². The summed E-state index contributed by atoms with van der Waals surface area (Å²) in [5.41, 5.74) is 3.23. The molecule has 5 aromatic carbocycles. The van der Waals surface area contributed by atoms with Gasteiger partial charge in [-0.25, -0.2) is 12.7 Å². The highest BCUT2D eigenvalue weighted by molar-refractivity contribution is 7.91. The first kappa shape index (κ1) is 29.0. The minimum atomic E-state index is -4.27. The van der Waals surface area contributed by atoms with Crippen LogP contribution in [0.2, 0.25) is 0 Å². The van der Waals surface area contributed by atoms with Crippen LogP contribution in [-0.2, 0) is 26.6 Å². The Hall–Kier alpha value is -4.53. The van der Waals surface area contributed by atoms with Gasteiger partial charge in [-0.3, -0.25) is 0 Å². The standard InChI is InChI=1S/C34H30N2O4S2/c1-26-12-19-32(20-13-26)41(37,38)35-34(23-17-28-16-18-30-10-6-7-11-31(30)24-28)36(25-29-8-4-3-5-9-29)42(39,40)33-21-14-27(2)15-22-33/h3-24H,25H2,1-2H3/b23-17+,35-34-. The van der Waals surface area contributed by atoms with Gasteiger partial charge in [-0.2, -0.15) is 8.42 Å². The van der Waals surface area contributed by atoms with E-state index in [1.165, 1.54) is 30.3 Å². The number of fused-ring (bicyclic) bond motifs is 1. The number of amidine groups is 1. The highest BCUT2D eigenvalue weighted by Gasteiger charge is 2.29. The van der Waals surface area contributed by atoms with Gasteiger partial charge >= 0.3 is 0 Å². The molecule has 0 unspecified atom stereocenters. The molecule has 0 amide bonds. The Labute approximate surface area is 247 Å². The van der Waals surface area contributed by atoms with E-state index in [2.05, 4.69) is 4.40 Å². The molecule has 0 saturated carbocycles. The van der Waals surface area contributed by atoms with Gasteiger partial charge in [-0.05, 0) is 72.2 Å². The van der Waals surface area contributed by atoms with Crippen LogP contribution in [0.1, 0.15) is 22.3 Å². The molecule has 5 aromatic rings. The van der Waals surface area contributed by atoms with Crippen LogP contribution in [0.15, 0.2) is 142 Å². The number of rotatable bonds is 8. The van der Waals surface area contributed by atoms with E-state index in [-0.39, 0.29) is 22.2 Å². The molecule has 0 aliphatic rings. The van der Waals surface area contributed by atoms with E-state index in [0.717, 1.165) is 31.8 Å². The molecule has 0 bridgehead atoms. The molecule has 0 radical (unpaired) electrons. The number of benzene rings is 5. The molecular weight excluding hydrogens is 565 g/mol. The monoisotopic (exact) mass is 594 g/mol. The summed E-state index contributed by atoms with van der Waals surface area (Å²) in [5.74, 6) is -0.229. The summed E-state index contributed by atoms with van der Waals surface area (Å²) in [7, 11) is -8.50. The summed E-state index contributed by atoms with van der Waals surface area (Å²) in [5, 5.41) is 2.05. The second-order valence-electron chi connectivity index (χ2n) is 9.99. The molecule has 6 nitrogen and oxygen atoms in total. The molecule has 8 heteroatoms. The Morgan fingerprint density at radius 3 is 1.88 bits per heavy atom. The first-order valence-corrected chi connectivity index (χ1v) is 16.2. The van der Waals surface area contributed by atoms with Crippen molar-refractivity contribution in [1.82, 2.24) is 4.31 Å². The van der Waals surface area contributed by atoms with Crippen LogP contribution in [0, 0.1) is 13.8 Å². The second kappa shape index (κ2) is 12.1. The number of aryl methyl sites for hydroxylation is 2. The Morgan fingerprint density at radius 2 is 1.24 bits per heavy atom. The van der Waals surface area contributed by atoms with Crippen LogP contribution in [0.3, 0.4) is 0 Å². The molecule has 0 heterocycles. The van der Waals surface area contributed by atoms with Crippen molar-refractivity contribution in [2.24, 2.45) is 4.40 Å². The van der Waals surface area contributed by atoms with E-state index in [1.54, 1.807) is 54.6 Å². The smallest absolute Gasteiger partial charge is 0.245 e. The lowest BCUT2D eigenvalue weighted by Gasteiger charge is -2.24. The Bertz CT molecular complexity index is 1980. The number of nitrogens with zero attached hydrogens (tertiary/aromatic N) is 2. The molecule has 42 heavy (non-hydrogen) atoms. The second-order valence-corrected chi connectivity index (χ2v) is 13.5. The van der Waals surface area contributed by atoms with Crippen molar-refractivity contribution in [3.05, 3.63) is 150 Å². The van der Waals surface area contributed by atoms with Crippen LogP contribution >= 0.6 is 0 Å². The molecule has 0 aromatic heterocycles. The summed E-state index contributed by atoms with van der Waals surface area (Å²) >= 11 is 0. The normalized spacial score (nSPS) is 12.6. The summed E-state index contributed by atoms with van der Waals surface area (Å²) in [6.45, 7) is 3.60. The average Bonchev–Trinajstić information content (AvgIpc) is 2.99. The summed E-state index contributed by atoms with van der Waals surface area (Å²) in [4.78, 5) is 0.000621. The third kappa shape index (κ3) is 6.67. The van der Waals surface area contributed by atoms with Crippen molar-refractivity contribution in [2.45, 2.75) is 30.2 Å². The molecule has 0 fully saturated rings. The highest BCUT2D eigenvalue weighted by Crippen LogP contribution is 2.24. The van der Waals surface area contributed by atoms with Crippen LogP contribution in [-0.4, -0.2) is 27.0 Å². The van der Waals surface area contributed by atoms with E-state index in [9.17, 15) is 16.8 Å². The molecule has 0 atom stereocenters. The molecule has 0 spiro atoms. The fourth-order valence-corrected chi connectivity index (χ4v) is 6.85. The van der Waals surface area contributed by atoms with Gasteiger partial charge in [0.2, 0.25) is 0 Å². The maximum atomic E-state index is 14.2. The fraction of sp³-hybridized carbons (Fsp3) is 0.0882. The summed E-state index contributed by atoms with van der Waals surface area (Å²) < 4.78 is 60.6. The SMILES string of the molecule is Cc1ccc(S(=O)(=O)/N=C(/C=C/c2ccc3ccccc3c2)N(Cc2ccccc2)S(=O)(=O)c2ccc(C)cc2)cc1. The van der Waals surface area contributed by atoms with Gasteiger partial charge in [0.05, 0.1) is 16.3 Å². The van der Waals surface area contributed by atoms with Crippen LogP contribution in [0.5, 0.6) is 0 Å². The molecule has 0 saturated heterocycles. The van der Waals surface area contributed by atoms with Crippen molar-refractivity contribution in [3.63, 3.8) is 0 Å². The minimum absolute atomic E-state index is 0.0305. The lowest BCUT2D eigenvalue weighted by molar-refractivity contribution is 0.519. The third-order valence-corrected chi connectivity index (χ3v) is 9.82. The van der Waals surface area contributed by atoms with E-state index < -0.39 is 20.0 Å². The lowest BCUT2D eigenvalue weighted by Crippen LogP contribution is -2.36. The van der Waals surface area contributed by atoms with Crippen LogP contribution < -0.4 is 0 Å². The van der Waals surface area contributed by atoms with E-state index in [1.807, 2.05) is 62.4 Å². The van der Waals surface area contributed by atoms with Gasteiger partial charge in [0.1, 0.15) is 0 Å². The van der Waals surface area contributed by atoms with Gasteiger partial charge in [-0.1, -0.05) is 108 Å². The Kier molecular flexibility index (Phi) is 8.38. The highest BCUT2D eigenvalue weighted by atomic mass is 32.2. The molecule has 0 aliphatic carbocycles. The predicted molar refractivity (Wildman–Crippen MR) is 169 cm³/mol. The number of hydrogen-bond acceptors (Lipinski definition) is 4. The van der Waals surface area contributed by atoms with Crippen molar-refractivity contribution >= 4 is 42.7 Å². The van der Waals surface area contributed by atoms with Crippen molar-refractivity contribution < 1.29 is 16.8 Å². The van der Waals surface area contributed by atoms with Gasteiger partial charge in [0, 0.05) is 0 Å². The zero-order valence-corrected chi connectivity index (χ0v) is 24.9. The first-order valence-electron chi connectivity index (χ1n) is 13.3. The van der Waals surface area contributed by atoms with E-state index >= 15 is 0 Å². The fourth-order valence-electron chi connectivity index (χ4n) is 4.40. The maximum absolute atomic E-state index is 14.2. The van der Waals surface area contributed by atoms with Crippen molar-refractivity contribution in [1.29, 1.82) is 0 Å². The van der Waals surface area contributed by atoms with Crippen molar-refractivity contribution in [3.8, 4) is 0 Å². The Morgan fingerprint density at radius 1 is 0.667 bits per heavy atom. The summed E-state index contributed by atoms with van der Waals surface area (Å²) in [6.07, 6.45) is 3.13. The molecule has 212 valence electrons. The average molecular weight is 595 g/mol. The molecule has 0 aliphatic heterocycles. The van der Waals surface area contributed by atoms with Crippen molar-refractivity contribution in [2.75, 3.05) is 0 Å². The molecule has 0 N–H and O–H groups in total. The quantitative estimate of drug-likeness (QED) is 0.141. The number of sulfonamides is 2.